The minimum atomic E-state index is -0.0286. The lowest BCUT2D eigenvalue weighted by Crippen LogP contribution is -2.34. The van der Waals surface area contributed by atoms with Crippen LogP contribution in [-0.4, -0.2) is 22.5 Å². The number of thiazole rings is 1. The minimum Gasteiger partial charge on any atom is -0.315 e. The predicted octanol–water partition coefficient (Wildman–Crippen LogP) is 5.28. The highest BCUT2D eigenvalue weighted by Crippen LogP contribution is 2.37. The minimum absolute atomic E-state index is 0.0286. The molecule has 25 heavy (non-hydrogen) atoms. The van der Waals surface area contributed by atoms with Gasteiger partial charge in [-0.1, -0.05) is 30.3 Å². The number of aryl methyl sites for hydroxylation is 2. The fourth-order valence-corrected chi connectivity index (χ4v) is 4.60. The van der Waals surface area contributed by atoms with Crippen LogP contribution in [0.1, 0.15) is 35.0 Å². The van der Waals surface area contributed by atoms with E-state index in [0.29, 0.717) is 0 Å². The molecule has 1 unspecified atom stereocenters. The lowest BCUT2D eigenvalue weighted by atomic mass is 10.1. The number of nitrogens with zero attached hydrogens (tertiary/aromatic N) is 2. The normalized spacial score (nSPS) is 17.2. The summed E-state index contributed by atoms with van der Waals surface area (Å²) in [6, 6.07) is 14.3. The number of anilines is 1. The molecule has 3 aromatic rings. The molecule has 5 heteroatoms. The summed E-state index contributed by atoms with van der Waals surface area (Å²) in [5, 5.41) is 4.16. The molecule has 0 radical (unpaired) electrons. The molecule has 1 aliphatic heterocycles. The van der Waals surface area contributed by atoms with Crippen LogP contribution >= 0.6 is 11.3 Å². The second-order valence-electron chi connectivity index (χ2n) is 6.57. The Morgan fingerprint density at radius 2 is 1.92 bits per heavy atom. The van der Waals surface area contributed by atoms with Crippen molar-refractivity contribution in [3.63, 3.8) is 0 Å². The van der Waals surface area contributed by atoms with Gasteiger partial charge in [-0.2, -0.15) is 0 Å². The molecule has 0 saturated carbocycles. The van der Waals surface area contributed by atoms with Gasteiger partial charge in [-0.25, -0.2) is 9.78 Å². The number of urea groups is 1. The molecule has 0 bridgehead atoms. The molecule has 2 amide bonds. The Kier molecular flexibility index (Phi) is 4.17. The van der Waals surface area contributed by atoms with Crippen molar-refractivity contribution in [3.8, 4) is 0 Å². The third-order valence-electron chi connectivity index (χ3n) is 4.82. The van der Waals surface area contributed by atoms with Crippen LogP contribution in [0.15, 0.2) is 42.5 Å². The molecule has 1 saturated heterocycles. The summed E-state index contributed by atoms with van der Waals surface area (Å²) in [5.74, 6) is 0. The summed E-state index contributed by atoms with van der Waals surface area (Å²) in [6.07, 6.45) is 1.99. The number of benzene rings is 2. The van der Waals surface area contributed by atoms with Gasteiger partial charge in [-0.15, -0.1) is 11.3 Å². The summed E-state index contributed by atoms with van der Waals surface area (Å²) < 4.78 is 1.18. The Balaban J connectivity index is 1.59. The molecule has 4 nitrogen and oxygen atoms in total. The maximum atomic E-state index is 12.9. The highest BCUT2D eigenvalue weighted by molar-refractivity contribution is 7.18. The predicted molar refractivity (Wildman–Crippen MR) is 103 cm³/mol. The highest BCUT2D eigenvalue weighted by atomic mass is 32.1. The molecule has 2 aromatic carbocycles. The third-order valence-corrected chi connectivity index (χ3v) is 5.96. The molecule has 0 aliphatic carbocycles. The summed E-state index contributed by atoms with van der Waals surface area (Å²) in [7, 11) is 0. The highest BCUT2D eigenvalue weighted by Gasteiger charge is 2.32. The van der Waals surface area contributed by atoms with Crippen molar-refractivity contribution in [1.29, 1.82) is 0 Å². The number of para-hydroxylation sites is 2. The van der Waals surface area contributed by atoms with Gasteiger partial charge in [0, 0.05) is 12.2 Å². The number of fused-ring (bicyclic) bond motifs is 1. The maximum absolute atomic E-state index is 12.9. The number of amides is 2. The molecule has 0 spiro atoms. The third kappa shape index (κ3) is 3.00. The van der Waals surface area contributed by atoms with E-state index in [1.54, 1.807) is 11.3 Å². The van der Waals surface area contributed by atoms with Gasteiger partial charge in [-0.05, 0) is 49.9 Å². The van der Waals surface area contributed by atoms with Crippen LogP contribution in [0.5, 0.6) is 0 Å². The van der Waals surface area contributed by atoms with Gasteiger partial charge >= 0.3 is 6.03 Å². The fraction of sp³-hybridized carbons (Fsp3) is 0.300. The van der Waals surface area contributed by atoms with Gasteiger partial charge in [0.05, 0.1) is 16.3 Å². The standard InChI is InChI=1S/C20H21N3OS/c1-13-7-5-8-14(2)18(13)22-20(24)23-12-6-10-16(23)19-21-15-9-3-4-11-17(15)25-19/h3-5,7-9,11,16H,6,10,12H2,1-2H3,(H,22,24). The Hall–Kier alpha value is -2.40. The van der Waals surface area contributed by atoms with Gasteiger partial charge in [0.1, 0.15) is 5.01 Å². The maximum Gasteiger partial charge on any atom is 0.322 e. The summed E-state index contributed by atoms with van der Waals surface area (Å²) in [6.45, 7) is 4.83. The van der Waals surface area contributed by atoms with E-state index in [4.69, 9.17) is 4.98 Å². The average molecular weight is 351 g/mol. The molecular formula is C20H21N3OS. The first-order valence-electron chi connectivity index (χ1n) is 8.63. The van der Waals surface area contributed by atoms with Gasteiger partial charge in [-0.3, -0.25) is 0 Å². The van der Waals surface area contributed by atoms with E-state index in [1.165, 1.54) is 4.70 Å². The van der Waals surface area contributed by atoms with Crippen LogP contribution in [0.3, 0.4) is 0 Å². The first-order valence-corrected chi connectivity index (χ1v) is 9.44. The number of likely N-dealkylation sites (tertiary alicyclic amines) is 1. The van der Waals surface area contributed by atoms with Crippen LogP contribution < -0.4 is 5.32 Å². The van der Waals surface area contributed by atoms with E-state index in [0.717, 1.165) is 46.7 Å². The van der Waals surface area contributed by atoms with E-state index < -0.39 is 0 Å². The topological polar surface area (TPSA) is 45.2 Å². The number of carbonyl (C=O) groups is 1. The summed E-state index contributed by atoms with van der Waals surface area (Å²) >= 11 is 1.70. The molecule has 1 aliphatic rings. The van der Waals surface area contributed by atoms with Crippen molar-refractivity contribution in [2.24, 2.45) is 0 Å². The van der Waals surface area contributed by atoms with E-state index in [1.807, 2.05) is 55.1 Å². The van der Waals surface area contributed by atoms with Gasteiger partial charge in [0.15, 0.2) is 0 Å². The Labute approximate surface area is 151 Å². The van der Waals surface area contributed by atoms with Crippen molar-refractivity contribution in [3.05, 3.63) is 58.6 Å². The molecule has 4 rings (SSSR count). The number of hydrogen-bond donors (Lipinski definition) is 1. The zero-order valence-electron chi connectivity index (χ0n) is 14.5. The summed E-state index contributed by atoms with van der Waals surface area (Å²) in [5.41, 5.74) is 4.11. The Bertz CT molecular complexity index is 880. The molecule has 1 fully saturated rings. The first-order chi connectivity index (χ1) is 12.1. The second kappa shape index (κ2) is 6.48. The summed E-state index contributed by atoms with van der Waals surface area (Å²) in [4.78, 5) is 19.6. The number of carbonyl (C=O) groups excluding carboxylic acids is 1. The lowest BCUT2D eigenvalue weighted by molar-refractivity contribution is 0.207. The monoisotopic (exact) mass is 351 g/mol. The van der Waals surface area contributed by atoms with Crippen LogP contribution in [0.2, 0.25) is 0 Å². The van der Waals surface area contributed by atoms with Crippen LogP contribution in [0.25, 0.3) is 10.2 Å². The van der Waals surface area contributed by atoms with Gasteiger partial charge < -0.3 is 10.2 Å². The molecule has 1 N–H and O–H groups in total. The zero-order valence-corrected chi connectivity index (χ0v) is 15.3. The van der Waals surface area contributed by atoms with Gasteiger partial charge in [0.25, 0.3) is 0 Å². The molecular weight excluding hydrogens is 330 g/mol. The number of nitrogens with one attached hydrogen (secondary N) is 1. The SMILES string of the molecule is Cc1cccc(C)c1NC(=O)N1CCCC1c1nc2ccccc2s1. The number of rotatable bonds is 2. The molecule has 1 atom stereocenters. The number of hydrogen-bond acceptors (Lipinski definition) is 3. The average Bonchev–Trinajstić information content (AvgIpc) is 3.24. The van der Waals surface area contributed by atoms with Crippen LogP contribution in [-0.2, 0) is 0 Å². The lowest BCUT2D eigenvalue weighted by Gasteiger charge is -2.24. The first kappa shape index (κ1) is 16.1. The van der Waals surface area contributed by atoms with Crippen molar-refractivity contribution in [2.75, 3.05) is 11.9 Å². The van der Waals surface area contributed by atoms with Crippen molar-refractivity contribution in [2.45, 2.75) is 32.7 Å². The van der Waals surface area contributed by atoms with Crippen molar-refractivity contribution < 1.29 is 4.79 Å². The Morgan fingerprint density at radius 3 is 2.68 bits per heavy atom. The van der Waals surface area contributed by atoms with Crippen molar-refractivity contribution >= 4 is 33.3 Å². The van der Waals surface area contributed by atoms with Gasteiger partial charge in [0.2, 0.25) is 0 Å². The van der Waals surface area contributed by atoms with E-state index in [-0.39, 0.29) is 12.1 Å². The van der Waals surface area contributed by atoms with E-state index in [9.17, 15) is 4.79 Å². The van der Waals surface area contributed by atoms with Crippen molar-refractivity contribution in [1.82, 2.24) is 9.88 Å². The molecule has 128 valence electrons. The van der Waals surface area contributed by atoms with Crippen LogP contribution in [0, 0.1) is 13.8 Å². The van der Waals surface area contributed by atoms with Crippen LogP contribution in [0.4, 0.5) is 10.5 Å². The Morgan fingerprint density at radius 1 is 1.16 bits per heavy atom. The smallest absolute Gasteiger partial charge is 0.315 e. The molecule has 2 heterocycles. The second-order valence-corrected chi connectivity index (χ2v) is 7.63. The molecule has 1 aromatic heterocycles. The quantitative estimate of drug-likeness (QED) is 0.682. The van der Waals surface area contributed by atoms with E-state index in [2.05, 4.69) is 11.4 Å². The van der Waals surface area contributed by atoms with E-state index >= 15 is 0 Å². The zero-order chi connectivity index (χ0) is 17.4. The largest absolute Gasteiger partial charge is 0.322 e. The fourth-order valence-electron chi connectivity index (χ4n) is 3.49. The number of aromatic nitrogens is 1.